The van der Waals surface area contributed by atoms with Gasteiger partial charge in [0.1, 0.15) is 0 Å². The Kier molecular flexibility index (Phi) is 9.44. The molecule has 0 unspecified atom stereocenters. The van der Waals surface area contributed by atoms with Crippen LogP contribution >= 0.6 is 0 Å². The number of rotatable bonds is 8. The number of hydrogen-bond acceptors (Lipinski definition) is 1. The van der Waals surface area contributed by atoms with Crippen LogP contribution in [0.25, 0.3) is 44.5 Å². The van der Waals surface area contributed by atoms with Crippen molar-refractivity contribution in [1.82, 2.24) is 0 Å². The van der Waals surface area contributed by atoms with Gasteiger partial charge in [0, 0.05) is 27.9 Å². The summed E-state index contributed by atoms with van der Waals surface area (Å²) >= 11 is 0. The molecule has 72 heavy (non-hydrogen) atoms. The summed E-state index contributed by atoms with van der Waals surface area (Å²) in [5, 5.41) is 0. The van der Waals surface area contributed by atoms with Crippen LogP contribution < -0.4 is 4.90 Å². The maximum absolute atomic E-state index is 2.65. The van der Waals surface area contributed by atoms with Gasteiger partial charge < -0.3 is 4.90 Å². The van der Waals surface area contributed by atoms with E-state index >= 15 is 0 Å². The first kappa shape index (κ1) is 42.1. The summed E-state index contributed by atoms with van der Waals surface area (Å²) in [6.45, 7) is 4.79. The van der Waals surface area contributed by atoms with Gasteiger partial charge in [-0.25, -0.2) is 0 Å². The number of hydrogen-bond donors (Lipinski definition) is 0. The molecule has 0 saturated heterocycles. The highest BCUT2D eigenvalue weighted by atomic mass is 15.2. The van der Waals surface area contributed by atoms with Gasteiger partial charge in [0.2, 0.25) is 0 Å². The Balaban J connectivity index is 1.22. The van der Waals surface area contributed by atoms with Gasteiger partial charge in [-0.15, -0.1) is 0 Å². The molecule has 1 heteroatoms. The van der Waals surface area contributed by atoms with Crippen LogP contribution in [0.4, 0.5) is 17.1 Å². The molecule has 0 fully saturated rings. The zero-order valence-corrected chi connectivity index (χ0v) is 40.4. The van der Waals surface area contributed by atoms with Crippen molar-refractivity contribution in [1.29, 1.82) is 0 Å². The molecule has 0 heterocycles. The van der Waals surface area contributed by atoms with Crippen molar-refractivity contribution in [2.75, 3.05) is 4.90 Å². The first-order valence-corrected chi connectivity index (χ1v) is 25.3. The molecule has 0 bridgehead atoms. The third-order valence-corrected chi connectivity index (χ3v) is 16.4. The number of nitrogens with zero attached hydrogens (tertiary/aromatic N) is 1. The highest BCUT2D eigenvalue weighted by Gasteiger charge is 2.54. The van der Waals surface area contributed by atoms with Gasteiger partial charge in [-0.05, 0) is 119 Å². The molecule has 0 N–H and O–H groups in total. The van der Waals surface area contributed by atoms with Crippen LogP contribution in [-0.2, 0) is 16.2 Å². The fourth-order valence-electron chi connectivity index (χ4n) is 13.4. The highest BCUT2D eigenvalue weighted by Crippen LogP contribution is 2.68. The average Bonchev–Trinajstić information content (AvgIpc) is 4.01. The van der Waals surface area contributed by atoms with Crippen molar-refractivity contribution in [3.8, 4) is 44.5 Å². The summed E-state index contributed by atoms with van der Waals surface area (Å²) < 4.78 is 0. The van der Waals surface area contributed by atoms with Crippen LogP contribution in [0.15, 0.2) is 273 Å². The van der Waals surface area contributed by atoms with E-state index in [0.717, 1.165) is 11.4 Å². The zero-order chi connectivity index (χ0) is 48.0. The predicted molar refractivity (Wildman–Crippen MR) is 299 cm³/mol. The Morgan fingerprint density at radius 2 is 0.694 bits per heavy atom. The number of benzene rings is 11. The Labute approximate surface area is 423 Å². The van der Waals surface area contributed by atoms with Crippen LogP contribution in [0.3, 0.4) is 0 Å². The Morgan fingerprint density at radius 3 is 1.25 bits per heavy atom. The van der Waals surface area contributed by atoms with Crippen LogP contribution in [-0.4, -0.2) is 0 Å². The van der Waals surface area contributed by atoms with E-state index in [2.05, 4.69) is 292 Å². The molecule has 0 radical (unpaired) electrons. The molecule has 3 aliphatic rings. The molecule has 0 aliphatic heterocycles. The van der Waals surface area contributed by atoms with Crippen LogP contribution in [0, 0.1) is 0 Å². The van der Waals surface area contributed by atoms with Crippen LogP contribution in [0.5, 0.6) is 0 Å². The SMILES string of the molecule is CC1(C)c2ccccc2-c2ccc(N(c3ccccc3)c3c4c(cc5c3-c3cc(-c6ccccc6)ccc3C5(c3ccccc3)c3ccccc3)C(c3ccccc3)(c3ccccc3)c3ccccc3-4)cc21. The average molecular weight is 918 g/mol. The van der Waals surface area contributed by atoms with Gasteiger partial charge in [-0.1, -0.05) is 257 Å². The molecule has 14 rings (SSSR count). The van der Waals surface area contributed by atoms with Crippen molar-refractivity contribution >= 4 is 17.1 Å². The zero-order valence-electron chi connectivity index (χ0n) is 40.4. The summed E-state index contributed by atoms with van der Waals surface area (Å²) in [7, 11) is 0. The lowest BCUT2D eigenvalue weighted by Gasteiger charge is -2.38. The molecule has 0 aromatic heterocycles. The van der Waals surface area contributed by atoms with Gasteiger partial charge in [-0.3, -0.25) is 0 Å². The molecule has 11 aromatic carbocycles. The van der Waals surface area contributed by atoms with E-state index in [1.165, 1.54) is 106 Å². The van der Waals surface area contributed by atoms with Gasteiger partial charge in [-0.2, -0.15) is 0 Å². The van der Waals surface area contributed by atoms with E-state index in [0.29, 0.717) is 0 Å². The molecule has 3 aliphatic carbocycles. The Morgan fingerprint density at radius 1 is 0.264 bits per heavy atom. The van der Waals surface area contributed by atoms with Gasteiger partial charge in [0.25, 0.3) is 0 Å². The van der Waals surface area contributed by atoms with Crippen molar-refractivity contribution in [3.05, 3.63) is 329 Å². The van der Waals surface area contributed by atoms with E-state index in [4.69, 9.17) is 0 Å². The van der Waals surface area contributed by atoms with E-state index in [1.54, 1.807) is 0 Å². The Bertz CT molecular complexity index is 3780. The van der Waals surface area contributed by atoms with Gasteiger partial charge >= 0.3 is 0 Å². The molecule has 0 atom stereocenters. The largest absolute Gasteiger partial charge is 0.309 e. The monoisotopic (exact) mass is 917 g/mol. The minimum atomic E-state index is -0.704. The highest BCUT2D eigenvalue weighted by molar-refractivity contribution is 6.09. The Hall–Kier alpha value is -8.78. The lowest BCUT2D eigenvalue weighted by molar-refractivity contribution is 0.660. The molecule has 1 nitrogen and oxygen atoms in total. The first-order chi connectivity index (χ1) is 35.5. The molecule has 11 aromatic rings. The van der Waals surface area contributed by atoms with Gasteiger partial charge in [0.15, 0.2) is 0 Å². The number of fused-ring (bicyclic) bond motifs is 9. The third-order valence-electron chi connectivity index (χ3n) is 16.4. The molecule has 0 saturated carbocycles. The summed E-state index contributed by atoms with van der Waals surface area (Å²) in [6, 6.07) is 103. The fourth-order valence-corrected chi connectivity index (χ4v) is 13.4. The van der Waals surface area contributed by atoms with E-state index < -0.39 is 10.8 Å². The van der Waals surface area contributed by atoms with E-state index in [-0.39, 0.29) is 5.41 Å². The standard InChI is InChI=1S/C71H51N/c1-69(2)60-39-23-21-37-56(60)57-43-42-55(46-63(57)69)72(54-35-19-8-20-36-54)68-66-58-38-22-24-40-61(58)70(50-27-11-4-12-28-50,51-29-13-5-14-30-51)64(66)47-65-67(68)59-45-49(48-25-9-3-10-26-48)41-44-62(59)71(65,52-31-15-6-16-32-52)53-33-17-7-18-34-53/h3-47H,1-2H3. The molecular weight excluding hydrogens is 867 g/mol. The van der Waals surface area contributed by atoms with Crippen LogP contribution in [0.2, 0.25) is 0 Å². The minimum Gasteiger partial charge on any atom is -0.309 e. The molecule has 0 spiro atoms. The lowest BCUT2D eigenvalue weighted by Crippen LogP contribution is -2.31. The minimum absolute atomic E-state index is 0.208. The fraction of sp³-hybridized carbons (Fsp3) is 0.0704. The quantitative estimate of drug-likeness (QED) is 0.147. The summed E-state index contributed by atoms with van der Waals surface area (Å²) in [6.07, 6.45) is 0. The molecule has 340 valence electrons. The van der Waals surface area contributed by atoms with Crippen LogP contribution in [0.1, 0.15) is 69.5 Å². The van der Waals surface area contributed by atoms with Crippen molar-refractivity contribution < 1.29 is 0 Å². The van der Waals surface area contributed by atoms with Crippen molar-refractivity contribution in [3.63, 3.8) is 0 Å². The van der Waals surface area contributed by atoms with Crippen molar-refractivity contribution in [2.24, 2.45) is 0 Å². The maximum atomic E-state index is 2.65. The molecular formula is C71H51N. The topological polar surface area (TPSA) is 3.24 Å². The normalized spacial score (nSPS) is 14.6. The lowest BCUT2D eigenvalue weighted by atomic mass is 9.64. The molecule has 0 amide bonds. The van der Waals surface area contributed by atoms with E-state index in [9.17, 15) is 0 Å². The van der Waals surface area contributed by atoms with Crippen molar-refractivity contribution in [2.45, 2.75) is 30.1 Å². The maximum Gasteiger partial charge on any atom is 0.0714 e. The smallest absolute Gasteiger partial charge is 0.0714 e. The first-order valence-electron chi connectivity index (χ1n) is 25.3. The summed E-state index contributed by atoms with van der Waals surface area (Å²) in [4.78, 5) is 2.63. The van der Waals surface area contributed by atoms with Gasteiger partial charge in [0.05, 0.1) is 16.5 Å². The van der Waals surface area contributed by atoms with E-state index in [1.807, 2.05) is 0 Å². The second kappa shape index (κ2) is 16.1. The predicted octanol–water partition coefficient (Wildman–Crippen LogP) is 17.9. The number of anilines is 3. The second-order valence-electron chi connectivity index (χ2n) is 20.3. The third kappa shape index (κ3) is 5.83. The second-order valence-corrected chi connectivity index (χ2v) is 20.3. The number of para-hydroxylation sites is 1. The summed E-state index contributed by atoms with van der Waals surface area (Å²) in [5.41, 5.74) is 24.6. The summed E-state index contributed by atoms with van der Waals surface area (Å²) in [5.74, 6) is 0.